The Balaban J connectivity index is 4.22. The van der Waals surface area contributed by atoms with Gasteiger partial charge in [-0.05, 0) is 44.9 Å². The van der Waals surface area contributed by atoms with Crippen LogP contribution in [0.5, 0.6) is 0 Å². The molecule has 0 aromatic rings. The van der Waals surface area contributed by atoms with Crippen molar-refractivity contribution in [2.45, 2.75) is 225 Å². The highest BCUT2D eigenvalue weighted by Crippen LogP contribution is 2.16. The number of carbonyl (C=O) groups excluding carboxylic acids is 3. The number of nitrogens with zero attached hydrogens (tertiary/aromatic N) is 1. The van der Waals surface area contributed by atoms with Gasteiger partial charge in [0.2, 0.25) is 0 Å². The molecule has 0 aliphatic heterocycles. The molecule has 0 amide bonds. The molecular formula is C50H91NO7. The lowest BCUT2D eigenvalue weighted by Gasteiger charge is -2.34. The zero-order valence-electron chi connectivity index (χ0n) is 38.5. The molecule has 2 unspecified atom stereocenters. The first-order valence-corrected chi connectivity index (χ1v) is 24.0. The Bertz CT molecular complexity index is 1050. The molecule has 0 radical (unpaired) electrons. The lowest BCUT2D eigenvalue weighted by atomic mass is 10.0. The number of esters is 2. The van der Waals surface area contributed by atoms with E-state index in [1.807, 2.05) is 0 Å². The fourth-order valence-corrected chi connectivity index (χ4v) is 7.09. The van der Waals surface area contributed by atoms with Crippen molar-refractivity contribution in [3.05, 3.63) is 36.5 Å². The maximum absolute atomic E-state index is 12.7. The highest BCUT2D eigenvalue weighted by atomic mass is 16.6. The van der Waals surface area contributed by atoms with Crippen LogP contribution in [-0.4, -0.2) is 75.5 Å². The minimum absolute atomic E-state index is 0.0312. The number of rotatable bonds is 43. The predicted octanol–water partition coefficient (Wildman–Crippen LogP) is 12.1. The second-order valence-electron chi connectivity index (χ2n) is 17.3. The van der Waals surface area contributed by atoms with Crippen LogP contribution in [0.4, 0.5) is 0 Å². The van der Waals surface area contributed by atoms with Crippen molar-refractivity contribution in [2.75, 3.05) is 41.0 Å². The van der Waals surface area contributed by atoms with Gasteiger partial charge < -0.3 is 28.6 Å². The van der Waals surface area contributed by atoms with Crippen molar-refractivity contribution < 1.29 is 38.2 Å². The van der Waals surface area contributed by atoms with E-state index in [2.05, 4.69) is 50.3 Å². The number of carbonyl (C=O) groups is 3. The molecule has 0 bridgehead atoms. The second-order valence-corrected chi connectivity index (χ2v) is 17.3. The van der Waals surface area contributed by atoms with E-state index < -0.39 is 18.1 Å². The van der Waals surface area contributed by atoms with Gasteiger partial charge in [0.05, 0.1) is 40.3 Å². The third kappa shape index (κ3) is 39.0. The van der Waals surface area contributed by atoms with E-state index in [0.717, 1.165) is 64.2 Å². The number of aliphatic carboxylic acids is 1. The first-order chi connectivity index (χ1) is 28.1. The van der Waals surface area contributed by atoms with Crippen molar-refractivity contribution in [1.82, 2.24) is 0 Å². The molecule has 0 aliphatic carbocycles. The molecule has 0 N–H and O–H groups in total. The third-order valence-electron chi connectivity index (χ3n) is 10.8. The number of carboxylic acid groups (broad SMARTS) is 1. The lowest BCUT2D eigenvalue weighted by molar-refractivity contribution is -0.889. The highest BCUT2D eigenvalue weighted by Gasteiger charge is 2.25. The Labute approximate surface area is 357 Å². The zero-order chi connectivity index (χ0) is 42.8. The number of allylic oxidation sites excluding steroid dienone is 6. The number of unbranched alkanes of at least 4 members (excludes halogenated alkanes) is 23. The quantitative estimate of drug-likeness (QED) is 0.0261. The molecule has 0 spiro atoms. The number of hydrogen-bond donors (Lipinski definition) is 0. The number of likely N-dealkylation sites (N-methyl/N-ethyl adjacent to an activating group) is 1. The maximum atomic E-state index is 12.7. The van der Waals surface area contributed by atoms with Gasteiger partial charge in [0.1, 0.15) is 12.6 Å². The molecule has 0 saturated carbocycles. The summed E-state index contributed by atoms with van der Waals surface area (Å²) >= 11 is 0. The fourth-order valence-electron chi connectivity index (χ4n) is 7.09. The van der Waals surface area contributed by atoms with Crippen LogP contribution in [0.15, 0.2) is 36.5 Å². The third-order valence-corrected chi connectivity index (χ3v) is 10.8. The molecule has 0 saturated heterocycles. The van der Waals surface area contributed by atoms with Gasteiger partial charge in [-0.2, -0.15) is 0 Å². The van der Waals surface area contributed by atoms with E-state index in [1.54, 1.807) is 21.1 Å². The lowest BCUT2D eigenvalue weighted by Crippen LogP contribution is -2.55. The molecule has 0 rings (SSSR count). The Kier molecular flexibility index (Phi) is 39.5. The first kappa shape index (κ1) is 55.5. The molecule has 8 heteroatoms. The van der Waals surface area contributed by atoms with Gasteiger partial charge in [-0.25, -0.2) is 0 Å². The number of ether oxygens (including phenoxy) is 3. The van der Waals surface area contributed by atoms with Crippen molar-refractivity contribution in [1.29, 1.82) is 0 Å². The molecule has 8 nitrogen and oxygen atoms in total. The summed E-state index contributed by atoms with van der Waals surface area (Å²) in [7, 11) is 5.40. The number of hydrogen-bond acceptors (Lipinski definition) is 7. The van der Waals surface area contributed by atoms with Gasteiger partial charge >= 0.3 is 11.9 Å². The van der Waals surface area contributed by atoms with Gasteiger partial charge in [-0.1, -0.05) is 185 Å². The summed E-state index contributed by atoms with van der Waals surface area (Å²) in [5.41, 5.74) is 0. The standard InChI is InChI=1S/C50H91NO7/c1-6-8-10-12-14-16-18-20-21-22-23-24-25-26-27-29-30-32-34-36-38-40-48(52)57-45-46(44-56-43-42-47(50(54)55)51(3,4)5)58-49(53)41-39-37-35-33-31-28-19-17-15-13-11-9-7-2/h9,11,15,17,28,31,46-47H,6-8,10,12-14,16,18-27,29-30,32-45H2,1-5H3/b11-9-,17-15-,31-28-. The topological polar surface area (TPSA) is 102 Å². The van der Waals surface area contributed by atoms with Crippen molar-refractivity contribution >= 4 is 17.9 Å². The Hall–Kier alpha value is -2.45. The van der Waals surface area contributed by atoms with Gasteiger partial charge in [0, 0.05) is 19.3 Å². The maximum Gasteiger partial charge on any atom is 0.306 e. The summed E-state index contributed by atoms with van der Waals surface area (Å²) in [4.78, 5) is 36.9. The summed E-state index contributed by atoms with van der Waals surface area (Å²) < 4.78 is 17.2. The molecule has 0 aromatic carbocycles. The molecule has 2 atom stereocenters. The van der Waals surface area contributed by atoms with Crippen LogP contribution in [0.25, 0.3) is 0 Å². The average molecular weight is 818 g/mol. The van der Waals surface area contributed by atoms with Crippen LogP contribution in [0.1, 0.15) is 213 Å². The van der Waals surface area contributed by atoms with E-state index >= 15 is 0 Å². The van der Waals surface area contributed by atoms with E-state index in [0.29, 0.717) is 6.42 Å². The molecule has 0 heterocycles. The minimum atomic E-state index is -1.13. The van der Waals surface area contributed by atoms with E-state index in [4.69, 9.17) is 14.2 Å². The average Bonchev–Trinajstić information content (AvgIpc) is 3.18. The predicted molar refractivity (Wildman–Crippen MR) is 240 cm³/mol. The normalized spacial score (nSPS) is 13.2. The van der Waals surface area contributed by atoms with E-state index in [9.17, 15) is 19.5 Å². The number of carboxylic acids is 1. The first-order valence-electron chi connectivity index (χ1n) is 24.0. The molecule has 338 valence electrons. The van der Waals surface area contributed by atoms with E-state index in [1.165, 1.54) is 116 Å². The fraction of sp³-hybridized carbons (Fsp3) is 0.820. The van der Waals surface area contributed by atoms with E-state index in [-0.39, 0.29) is 49.1 Å². The van der Waals surface area contributed by atoms with Crippen molar-refractivity contribution in [3.8, 4) is 0 Å². The molecule has 0 aliphatic rings. The molecule has 58 heavy (non-hydrogen) atoms. The summed E-state index contributed by atoms with van der Waals surface area (Å²) in [6.07, 6.45) is 47.5. The monoisotopic (exact) mass is 818 g/mol. The van der Waals surface area contributed by atoms with Gasteiger partial charge in [0.15, 0.2) is 6.10 Å². The van der Waals surface area contributed by atoms with Crippen LogP contribution in [0, 0.1) is 0 Å². The molecule has 0 fully saturated rings. The van der Waals surface area contributed by atoms with Crippen molar-refractivity contribution in [2.24, 2.45) is 0 Å². The largest absolute Gasteiger partial charge is 0.544 e. The van der Waals surface area contributed by atoms with Gasteiger partial charge in [0.25, 0.3) is 0 Å². The molecule has 0 aromatic heterocycles. The SMILES string of the molecule is CC/C=C\C/C=C\C/C=C\CCCCCC(=O)OC(COCCC(C(=O)[O-])[N+](C)(C)C)COC(=O)CCCCCCCCCCCCCCCCCCCCCCC. The van der Waals surface area contributed by atoms with Crippen LogP contribution in [0.3, 0.4) is 0 Å². The van der Waals surface area contributed by atoms with Crippen LogP contribution in [-0.2, 0) is 28.6 Å². The summed E-state index contributed by atoms with van der Waals surface area (Å²) in [6, 6.07) is -0.730. The van der Waals surface area contributed by atoms with Crippen LogP contribution in [0.2, 0.25) is 0 Å². The van der Waals surface area contributed by atoms with Gasteiger partial charge in [-0.3, -0.25) is 9.59 Å². The van der Waals surface area contributed by atoms with Crippen LogP contribution < -0.4 is 5.11 Å². The Morgan fingerprint density at radius 1 is 0.534 bits per heavy atom. The summed E-state index contributed by atoms with van der Waals surface area (Å²) in [5, 5.41) is 11.6. The van der Waals surface area contributed by atoms with Crippen molar-refractivity contribution in [3.63, 3.8) is 0 Å². The summed E-state index contributed by atoms with van der Waals surface area (Å²) in [6.45, 7) is 4.54. The Morgan fingerprint density at radius 2 is 0.966 bits per heavy atom. The minimum Gasteiger partial charge on any atom is -0.544 e. The summed E-state index contributed by atoms with van der Waals surface area (Å²) in [5.74, 6) is -1.76. The molecular weight excluding hydrogens is 727 g/mol. The van der Waals surface area contributed by atoms with Gasteiger partial charge in [-0.15, -0.1) is 0 Å². The Morgan fingerprint density at radius 3 is 1.43 bits per heavy atom. The second kappa shape index (κ2) is 41.3. The van der Waals surface area contributed by atoms with Crippen LogP contribution >= 0.6 is 0 Å². The smallest absolute Gasteiger partial charge is 0.306 e. The highest BCUT2D eigenvalue weighted by molar-refractivity contribution is 5.70. The number of quaternary nitrogens is 1. The zero-order valence-corrected chi connectivity index (χ0v) is 38.5.